The van der Waals surface area contributed by atoms with E-state index < -0.39 is 18.1 Å². The molecule has 0 aromatic rings. The molecule has 1 rings (SSSR count). The predicted octanol–water partition coefficient (Wildman–Crippen LogP) is 0.302. The van der Waals surface area contributed by atoms with Gasteiger partial charge in [0.25, 0.3) is 0 Å². The highest BCUT2D eigenvalue weighted by molar-refractivity contribution is 5.83. The van der Waals surface area contributed by atoms with Crippen molar-refractivity contribution in [2.75, 3.05) is 39.4 Å². The molecule has 0 aliphatic carbocycles. The Morgan fingerprint density at radius 2 is 1.87 bits per heavy atom. The average Bonchev–Trinajstić information content (AvgIpc) is 2.51. The maximum absolute atomic E-state index is 12.4. The van der Waals surface area contributed by atoms with E-state index in [1.165, 1.54) is 0 Å². The van der Waals surface area contributed by atoms with Crippen molar-refractivity contribution in [3.05, 3.63) is 0 Å². The maximum atomic E-state index is 12.4. The third-order valence-corrected chi connectivity index (χ3v) is 3.96. The highest BCUT2D eigenvalue weighted by Crippen LogP contribution is 2.07. The zero-order chi connectivity index (χ0) is 17.2. The number of carbonyl (C=O) groups excluding carboxylic acids is 1. The number of amides is 1. The molecule has 2 atom stereocenters. The zero-order valence-electron chi connectivity index (χ0n) is 14.5. The molecule has 1 aliphatic rings. The van der Waals surface area contributed by atoms with Crippen LogP contribution in [0.1, 0.15) is 33.6 Å². The van der Waals surface area contributed by atoms with E-state index in [9.17, 15) is 14.7 Å². The number of morpholine rings is 1. The first kappa shape index (κ1) is 19.9. The van der Waals surface area contributed by atoms with Crippen molar-refractivity contribution >= 4 is 11.9 Å². The van der Waals surface area contributed by atoms with Crippen LogP contribution in [0.15, 0.2) is 0 Å². The number of hydrogen-bond donors (Lipinski definition) is 3. The van der Waals surface area contributed by atoms with Crippen molar-refractivity contribution in [1.29, 1.82) is 0 Å². The number of hydrogen-bond acceptors (Lipinski definition) is 5. The largest absolute Gasteiger partial charge is 0.480 e. The highest BCUT2D eigenvalue weighted by Gasteiger charge is 2.25. The van der Waals surface area contributed by atoms with Crippen LogP contribution >= 0.6 is 0 Å². The lowest BCUT2D eigenvalue weighted by Gasteiger charge is -2.27. The van der Waals surface area contributed by atoms with Gasteiger partial charge in [-0.3, -0.25) is 19.8 Å². The van der Waals surface area contributed by atoms with Gasteiger partial charge in [-0.05, 0) is 18.8 Å². The van der Waals surface area contributed by atoms with Crippen LogP contribution in [-0.4, -0.2) is 73.4 Å². The summed E-state index contributed by atoms with van der Waals surface area (Å²) in [5, 5.41) is 15.1. The zero-order valence-corrected chi connectivity index (χ0v) is 14.5. The molecule has 0 aromatic heterocycles. The number of ether oxygens (including phenoxy) is 1. The number of nitrogens with zero attached hydrogens (tertiary/aromatic N) is 1. The first-order valence-corrected chi connectivity index (χ1v) is 8.50. The fourth-order valence-corrected chi connectivity index (χ4v) is 2.61. The van der Waals surface area contributed by atoms with Crippen molar-refractivity contribution < 1.29 is 19.4 Å². The molecule has 1 saturated heterocycles. The number of carboxylic acid groups (broad SMARTS) is 1. The van der Waals surface area contributed by atoms with E-state index in [0.717, 1.165) is 32.8 Å². The van der Waals surface area contributed by atoms with Gasteiger partial charge in [0.2, 0.25) is 5.91 Å². The summed E-state index contributed by atoms with van der Waals surface area (Å²) in [5.74, 6) is -0.724. The number of carboxylic acids is 1. The molecule has 23 heavy (non-hydrogen) atoms. The van der Waals surface area contributed by atoms with Crippen LogP contribution in [0.25, 0.3) is 0 Å². The van der Waals surface area contributed by atoms with Crippen molar-refractivity contribution in [3.63, 3.8) is 0 Å². The van der Waals surface area contributed by atoms with E-state index in [0.29, 0.717) is 25.3 Å². The van der Waals surface area contributed by atoms with Crippen molar-refractivity contribution in [2.45, 2.75) is 45.7 Å². The molecule has 3 N–H and O–H groups in total. The number of rotatable bonds is 10. The molecule has 1 fully saturated rings. The summed E-state index contributed by atoms with van der Waals surface area (Å²) < 4.78 is 5.29. The Kier molecular flexibility index (Phi) is 9.13. The Balaban J connectivity index is 2.45. The van der Waals surface area contributed by atoms with Crippen LogP contribution in [0.3, 0.4) is 0 Å². The molecule has 0 aromatic carbocycles. The normalized spacial score (nSPS) is 18.6. The molecule has 1 amide bonds. The molecular weight excluding hydrogens is 298 g/mol. The molecule has 0 unspecified atom stereocenters. The van der Waals surface area contributed by atoms with Crippen LogP contribution in [0.5, 0.6) is 0 Å². The van der Waals surface area contributed by atoms with Crippen LogP contribution in [0.4, 0.5) is 0 Å². The lowest BCUT2D eigenvalue weighted by Crippen LogP contribution is -2.52. The number of nitrogens with one attached hydrogen (secondary N) is 2. The second kappa shape index (κ2) is 10.6. The maximum Gasteiger partial charge on any atom is 0.320 e. The molecule has 0 spiro atoms. The summed E-state index contributed by atoms with van der Waals surface area (Å²) in [7, 11) is 0. The van der Waals surface area contributed by atoms with Gasteiger partial charge in [0.05, 0.1) is 19.3 Å². The molecule has 0 saturated carbocycles. The van der Waals surface area contributed by atoms with Crippen molar-refractivity contribution in [2.24, 2.45) is 5.92 Å². The topological polar surface area (TPSA) is 90.9 Å². The van der Waals surface area contributed by atoms with E-state index in [-0.39, 0.29) is 5.91 Å². The van der Waals surface area contributed by atoms with Gasteiger partial charge in [-0.2, -0.15) is 0 Å². The lowest BCUT2D eigenvalue weighted by molar-refractivity contribution is -0.140. The Labute approximate surface area is 138 Å². The predicted molar refractivity (Wildman–Crippen MR) is 88.4 cm³/mol. The van der Waals surface area contributed by atoms with Gasteiger partial charge < -0.3 is 15.2 Å². The molecule has 0 bridgehead atoms. The first-order valence-electron chi connectivity index (χ1n) is 8.50. The van der Waals surface area contributed by atoms with Gasteiger partial charge in [0, 0.05) is 26.2 Å². The Hall–Kier alpha value is -1.18. The second-order valence-corrected chi connectivity index (χ2v) is 6.39. The van der Waals surface area contributed by atoms with Gasteiger partial charge in [-0.15, -0.1) is 0 Å². The molecule has 134 valence electrons. The minimum atomic E-state index is -0.914. The SMILES string of the molecule is CC[C@@H](N[C@@H](CC(C)C)C(=O)NCCN1CCOCC1)C(=O)O. The smallest absolute Gasteiger partial charge is 0.320 e. The molecule has 1 heterocycles. The van der Waals surface area contributed by atoms with E-state index in [2.05, 4.69) is 15.5 Å². The Morgan fingerprint density at radius 1 is 1.22 bits per heavy atom. The summed E-state index contributed by atoms with van der Waals surface area (Å²) >= 11 is 0. The second-order valence-electron chi connectivity index (χ2n) is 6.39. The fourth-order valence-electron chi connectivity index (χ4n) is 2.61. The number of aliphatic carboxylic acids is 1. The first-order chi connectivity index (χ1) is 10.9. The average molecular weight is 329 g/mol. The Morgan fingerprint density at radius 3 is 2.39 bits per heavy atom. The lowest BCUT2D eigenvalue weighted by atomic mass is 10.0. The molecule has 7 heteroatoms. The van der Waals surface area contributed by atoms with E-state index >= 15 is 0 Å². The molecule has 0 radical (unpaired) electrons. The van der Waals surface area contributed by atoms with Gasteiger partial charge in [-0.1, -0.05) is 20.8 Å². The van der Waals surface area contributed by atoms with Crippen LogP contribution in [0, 0.1) is 5.92 Å². The van der Waals surface area contributed by atoms with Crippen LogP contribution in [0.2, 0.25) is 0 Å². The summed E-state index contributed by atoms with van der Waals surface area (Å²) in [6.45, 7) is 10.5. The highest BCUT2D eigenvalue weighted by atomic mass is 16.5. The summed E-state index contributed by atoms with van der Waals surface area (Å²) in [5.41, 5.74) is 0. The molecule has 7 nitrogen and oxygen atoms in total. The standard InChI is InChI=1S/C16H31N3O4/c1-4-13(16(21)22)18-14(11-12(2)3)15(20)17-5-6-19-7-9-23-10-8-19/h12-14,18H,4-11H2,1-3H3,(H,17,20)(H,21,22)/t13-,14+/m1/s1. The van der Waals surface area contributed by atoms with E-state index in [1.54, 1.807) is 6.92 Å². The van der Waals surface area contributed by atoms with Gasteiger partial charge in [0.1, 0.15) is 6.04 Å². The quantitative estimate of drug-likeness (QED) is 0.534. The Bertz CT molecular complexity index is 370. The minimum absolute atomic E-state index is 0.119. The van der Waals surface area contributed by atoms with Gasteiger partial charge in [0.15, 0.2) is 0 Å². The molecule has 1 aliphatic heterocycles. The summed E-state index contributed by atoms with van der Waals surface area (Å²) in [6.07, 6.45) is 1.07. The van der Waals surface area contributed by atoms with Gasteiger partial charge in [-0.25, -0.2) is 0 Å². The summed E-state index contributed by atoms with van der Waals surface area (Å²) in [6, 6.07) is -1.16. The van der Waals surface area contributed by atoms with Crippen molar-refractivity contribution in [3.8, 4) is 0 Å². The fraction of sp³-hybridized carbons (Fsp3) is 0.875. The van der Waals surface area contributed by atoms with Crippen LogP contribution in [-0.2, 0) is 14.3 Å². The summed E-state index contributed by atoms with van der Waals surface area (Å²) in [4.78, 5) is 25.8. The minimum Gasteiger partial charge on any atom is -0.480 e. The third-order valence-electron chi connectivity index (χ3n) is 3.96. The van der Waals surface area contributed by atoms with Crippen molar-refractivity contribution in [1.82, 2.24) is 15.5 Å². The van der Waals surface area contributed by atoms with Gasteiger partial charge >= 0.3 is 5.97 Å². The monoisotopic (exact) mass is 329 g/mol. The number of carbonyl (C=O) groups is 2. The third kappa shape index (κ3) is 7.76. The van der Waals surface area contributed by atoms with E-state index in [1.807, 2.05) is 13.8 Å². The van der Waals surface area contributed by atoms with E-state index in [4.69, 9.17) is 4.74 Å². The molecular formula is C16H31N3O4. The van der Waals surface area contributed by atoms with Crippen LogP contribution < -0.4 is 10.6 Å².